The quantitative estimate of drug-likeness (QED) is 0.749. The lowest BCUT2D eigenvalue weighted by atomic mass is 10.2. The number of imidazole rings is 1. The summed E-state index contributed by atoms with van der Waals surface area (Å²) in [6, 6.07) is 11.7. The van der Waals surface area contributed by atoms with Crippen LogP contribution >= 0.6 is 0 Å². The lowest BCUT2D eigenvalue weighted by Gasteiger charge is -2.12. The highest BCUT2D eigenvalue weighted by molar-refractivity contribution is 7.89. The van der Waals surface area contributed by atoms with Gasteiger partial charge in [-0.15, -0.1) is 0 Å². The molecule has 8 heteroatoms. The number of nitrogens with one attached hydrogen (secondary N) is 1. The van der Waals surface area contributed by atoms with Gasteiger partial charge in [-0.05, 0) is 30.3 Å². The van der Waals surface area contributed by atoms with E-state index in [1.54, 1.807) is 18.3 Å². The second-order valence-corrected chi connectivity index (χ2v) is 7.82. The summed E-state index contributed by atoms with van der Waals surface area (Å²) in [6.45, 7) is 0.238. The van der Waals surface area contributed by atoms with Crippen molar-refractivity contribution in [2.24, 2.45) is 0 Å². The van der Waals surface area contributed by atoms with Crippen molar-refractivity contribution in [3.63, 3.8) is 0 Å². The average Bonchev–Trinajstić information content (AvgIpc) is 3.03. The van der Waals surface area contributed by atoms with Gasteiger partial charge in [-0.1, -0.05) is 12.1 Å². The third-order valence-electron chi connectivity index (χ3n) is 3.80. The fourth-order valence-electron chi connectivity index (χ4n) is 2.40. The van der Waals surface area contributed by atoms with Crippen LogP contribution in [0.3, 0.4) is 0 Å². The molecule has 1 N–H and O–H groups in total. The zero-order chi connectivity index (χ0) is 18.0. The van der Waals surface area contributed by atoms with Crippen molar-refractivity contribution >= 4 is 21.4 Å². The number of sulfonamides is 1. The van der Waals surface area contributed by atoms with Gasteiger partial charge in [0.25, 0.3) is 5.91 Å². The van der Waals surface area contributed by atoms with Gasteiger partial charge in [0.05, 0.1) is 23.2 Å². The number of amides is 1. The number of pyridine rings is 1. The fraction of sp³-hybridized carbons (Fsp3) is 0.176. The maximum absolute atomic E-state index is 12.4. The van der Waals surface area contributed by atoms with E-state index in [1.165, 1.54) is 26.2 Å². The van der Waals surface area contributed by atoms with Gasteiger partial charge < -0.3 is 9.72 Å². The predicted octanol–water partition coefficient (Wildman–Crippen LogP) is 1.51. The minimum atomic E-state index is -3.58. The van der Waals surface area contributed by atoms with Crippen LogP contribution in [-0.4, -0.2) is 42.1 Å². The van der Waals surface area contributed by atoms with E-state index in [4.69, 9.17) is 0 Å². The van der Waals surface area contributed by atoms with Gasteiger partial charge in [-0.2, -0.15) is 0 Å². The number of hydrogen-bond donors (Lipinski definition) is 1. The Morgan fingerprint density at radius 1 is 1.20 bits per heavy atom. The standard InChI is InChI=1S/C17H18N4O3S/c1-20(2)25(23,24)15-8-5-6-13(10-15)17(22)19-12-16-18-11-14-7-3-4-9-21(14)16/h3-11H,12H2,1-2H3,(H,19,22). The summed E-state index contributed by atoms with van der Waals surface area (Å²) in [5.41, 5.74) is 1.22. The number of carbonyl (C=O) groups is 1. The van der Waals surface area contributed by atoms with E-state index in [9.17, 15) is 13.2 Å². The molecule has 0 saturated heterocycles. The van der Waals surface area contributed by atoms with Gasteiger partial charge in [0.15, 0.2) is 0 Å². The first kappa shape index (κ1) is 17.1. The molecule has 2 aromatic heterocycles. The van der Waals surface area contributed by atoms with Crippen molar-refractivity contribution < 1.29 is 13.2 Å². The van der Waals surface area contributed by atoms with Crippen LogP contribution in [0.1, 0.15) is 16.2 Å². The average molecular weight is 358 g/mol. The Bertz CT molecular complexity index is 1030. The first-order chi connectivity index (χ1) is 11.9. The molecule has 0 fully saturated rings. The van der Waals surface area contributed by atoms with Crippen molar-refractivity contribution in [2.75, 3.05) is 14.1 Å². The summed E-state index contributed by atoms with van der Waals surface area (Å²) in [6.07, 6.45) is 3.60. The Labute approximate surface area is 146 Å². The first-order valence-electron chi connectivity index (χ1n) is 7.61. The van der Waals surface area contributed by atoms with Gasteiger partial charge in [-0.3, -0.25) is 4.79 Å². The molecular weight excluding hydrogens is 340 g/mol. The van der Waals surface area contributed by atoms with Crippen molar-refractivity contribution in [1.82, 2.24) is 19.0 Å². The SMILES string of the molecule is CN(C)S(=O)(=O)c1cccc(C(=O)NCc2ncc3ccccn23)c1. The fourth-order valence-corrected chi connectivity index (χ4v) is 3.35. The molecule has 2 heterocycles. The van der Waals surface area contributed by atoms with E-state index in [0.29, 0.717) is 5.82 Å². The molecule has 0 unspecified atom stereocenters. The van der Waals surface area contributed by atoms with E-state index in [1.807, 2.05) is 28.8 Å². The maximum atomic E-state index is 12.4. The number of hydrogen-bond acceptors (Lipinski definition) is 4. The highest BCUT2D eigenvalue weighted by Crippen LogP contribution is 2.15. The van der Waals surface area contributed by atoms with Gasteiger partial charge in [0.2, 0.25) is 10.0 Å². The van der Waals surface area contributed by atoms with Crippen LogP contribution in [0.5, 0.6) is 0 Å². The lowest BCUT2D eigenvalue weighted by molar-refractivity contribution is 0.0949. The molecule has 0 radical (unpaired) electrons. The molecule has 0 aliphatic rings. The highest BCUT2D eigenvalue weighted by Gasteiger charge is 2.18. The van der Waals surface area contributed by atoms with Gasteiger partial charge in [0, 0.05) is 25.9 Å². The Hall–Kier alpha value is -2.71. The van der Waals surface area contributed by atoms with Crippen LogP contribution in [0.15, 0.2) is 59.8 Å². The van der Waals surface area contributed by atoms with Crippen LogP contribution in [-0.2, 0) is 16.6 Å². The molecule has 0 aliphatic heterocycles. The molecule has 0 spiro atoms. The second-order valence-electron chi connectivity index (χ2n) is 5.67. The van der Waals surface area contributed by atoms with Crippen molar-refractivity contribution in [2.45, 2.75) is 11.4 Å². The lowest BCUT2D eigenvalue weighted by Crippen LogP contribution is -2.25. The number of aromatic nitrogens is 2. The number of benzene rings is 1. The number of nitrogens with zero attached hydrogens (tertiary/aromatic N) is 3. The minimum absolute atomic E-state index is 0.0800. The summed E-state index contributed by atoms with van der Waals surface area (Å²) in [5, 5.41) is 2.77. The number of fused-ring (bicyclic) bond motifs is 1. The van der Waals surface area contributed by atoms with Crippen molar-refractivity contribution in [3.05, 3.63) is 66.2 Å². The third-order valence-corrected chi connectivity index (χ3v) is 5.61. The van der Waals surface area contributed by atoms with E-state index in [0.717, 1.165) is 9.82 Å². The third kappa shape index (κ3) is 3.40. The Morgan fingerprint density at radius 3 is 2.76 bits per heavy atom. The Morgan fingerprint density at radius 2 is 2.00 bits per heavy atom. The Balaban J connectivity index is 1.78. The van der Waals surface area contributed by atoms with E-state index >= 15 is 0 Å². The zero-order valence-electron chi connectivity index (χ0n) is 13.9. The Kier molecular flexibility index (Phi) is 4.56. The zero-order valence-corrected chi connectivity index (χ0v) is 14.7. The van der Waals surface area contributed by atoms with E-state index < -0.39 is 10.0 Å². The van der Waals surface area contributed by atoms with Crippen molar-refractivity contribution in [1.29, 1.82) is 0 Å². The molecule has 1 aromatic carbocycles. The summed E-state index contributed by atoms with van der Waals surface area (Å²) >= 11 is 0. The summed E-state index contributed by atoms with van der Waals surface area (Å²) in [7, 11) is -0.683. The molecule has 3 aromatic rings. The molecular formula is C17H18N4O3S. The first-order valence-corrected chi connectivity index (χ1v) is 9.05. The summed E-state index contributed by atoms with van der Waals surface area (Å²) < 4.78 is 27.4. The summed E-state index contributed by atoms with van der Waals surface area (Å²) in [5.74, 6) is 0.338. The summed E-state index contributed by atoms with van der Waals surface area (Å²) in [4.78, 5) is 16.7. The number of carbonyl (C=O) groups excluding carboxylic acids is 1. The molecule has 130 valence electrons. The predicted molar refractivity (Wildman–Crippen MR) is 93.7 cm³/mol. The smallest absolute Gasteiger partial charge is 0.251 e. The van der Waals surface area contributed by atoms with Crippen LogP contribution in [0.25, 0.3) is 5.52 Å². The molecule has 0 bridgehead atoms. The molecule has 7 nitrogen and oxygen atoms in total. The minimum Gasteiger partial charge on any atom is -0.345 e. The van der Waals surface area contributed by atoms with Crippen molar-refractivity contribution in [3.8, 4) is 0 Å². The van der Waals surface area contributed by atoms with Crippen LogP contribution in [0, 0.1) is 0 Å². The van der Waals surface area contributed by atoms with Crippen LogP contribution in [0.2, 0.25) is 0 Å². The normalized spacial score (nSPS) is 11.8. The molecule has 25 heavy (non-hydrogen) atoms. The molecule has 1 amide bonds. The number of rotatable bonds is 5. The van der Waals surface area contributed by atoms with E-state index in [-0.39, 0.29) is 22.9 Å². The highest BCUT2D eigenvalue weighted by atomic mass is 32.2. The molecule has 0 aliphatic carbocycles. The molecule has 0 atom stereocenters. The van der Waals surface area contributed by atoms with Crippen LogP contribution in [0.4, 0.5) is 0 Å². The second kappa shape index (κ2) is 6.66. The van der Waals surface area contributed by atoms with Gasteiger partial charge >= 0.3 is 0 Å². The maximum Gasteiger partial charge on any atom is 0.251 e. The van der Waals surface area contributed by atoms with Gasteiger partial charge in [0.1, 0.15) is 5.82 Å². The van der Waals surface area contributed by atoms with Gasteiger partial charge in [-0.25, -0.2) is 17.7 Å². The molecule has 0 saturated carbocycles. The monoisotopic (exact) mass is 358 g/mol. The largest absolute Gasteiger partial charge is 0.345 e. The topological polar surface area (TPSA) is 83.8 Å². The van der Waals surface area contributed by atoms with E-state index in [2.05, 4.69) is 10.3 Å². The van der Waals surface area contributed by atoms with Crippen LogP contribution < -0.4 is 5.32 Å². The molecule has 3 rings (SSSR count).